The molecule has 126 valence electrons. The van der Waals surface area contributed by atoms with Crippen molar-refractivity contribution in [3.8, 4) is 0 Å². The van der Waals surface area contributed by atoms with E-state index in [4.69, 9.17) is 0 Å². The van der Waals surface area contributed by atoms with Crippen molar-refractivity contribution in [3.63, 3.8) is 0 Å². The molecule has 24 heavy (non-hydrogen) atoms. The number of hydrogen-bond donors (Lipinski definition) is 0. The molecule has 0 aliphatic carbocycles. The van der Waals surface area contributed by atoms with Crippen LogP contribution in [-0.2, 0) is 6.18 Å². The highest BCUT2D eigenvalue weighted by Crippen LogP contribution is 2.40. The molecule has 0 amide bonds. The van der Waals surface area contributed by atoms with E-state index in [2.05, 4.69) is 10.2 Å². The first-order valence-corrected chi connectivity index (χ1v) is 7.96. The first kappa shape index (κ1) is 16.8. The Labute approximate surface area is 139 Å². The molecule has 0 saturated heterocycles. The van der Waals surface area contributed by atoms with E-state index in [0.717, 1.165) is 29.7 Å². The molecule has 0 aliphatic rings. The van der Waals surface area contributed by atoms with Gasteiger partial charge in [0, 0.05) is 21.9 Å². The normalized spacial score (nSPS) is 12.3. The Morgan fingerprint density at radius 2 is 1.83 bits per heavy atom. The summed E-state index contributed by atoms with van der Waals surface area (Å²) in [5.41, 5.74) is -0.362. The molecule has 0 spiro atoms. The van der Waals surface area contributed by atoms with Crippen molar-refractivity contribution < 1.29 is 17.6 Å². The lowest BCUT2D eigenvalue weighted by Gasteiger charge is -2.13. The topological polar surface area (TPSA) is 30.2 Å². The van der Waals surface area contributed by atoms with E-state index in [1.165, 1.54) is 0 Å². The highest BCUT2D eigenvalue weighted by Gasteiger charge is 2.34. The second-order valence-corrected chi connectivity index (χ2v) is 6.66. The number of rotatable bonds is 3. The third-order valence-corrected chi connectivity index (χ3v) is 4.45. The van der Waals surface area contributed by atoms with Gasteiger partial charge in [-0.3, -0.25) is 4.40 Å². The molecule has 1 aromatic carbocycles. The lowest BCUT2D eigenvalue weighted by atomic mass is 10.2. The maximum atomic E-state index is 13.2. The van der Waals surface area contributed by atoms with Crippen molar-refractivity contribution in [1.29, 1.82) is 0 Å². The van der Waals surface area contributed by atoms with Crippen LogP contribution in [0.5, 0.6) is 0 Å². The minimum absolute atomic E-state index is 0.0533. The Balaban J connectivity index is 2.03. The fraction of sp³-hybridized carbons (Fsp3) is 0.250. The predicted molar refractivity (Wildman–Crippen MR) is 82.6 cm³/mol. The van der Waals surface area contributed by atoms with E-state index in [9.17, 15) is 17.6 Å². The lowest BCUT2D eigenvalue weighted by molar-refractivity contribution is -0.139. The van der Waals surface area contributed by atoms with Crippen LogP contribution < -0.4 is 0 Å². The van der Waals surface area contributed by atoms with E-state index in [0.29, 0.717) is 16.6 Å². The highest BCUT2D eigenvalue weighted by atomic mass is 32.2. The van der Waals surface area contributed by atoms with Crippen LogP contribution in [-0.4, -0.2) is 14.6 Å². The van der Waals surface area contributed by atoms with E-state index < -0.39 is 17.6 Å². The molecule has 0 bridgehead atoms. The Morgan fingerprint density at radius 3 is 2.50 bits per heavy atom. The minimum Gasteiger partial charge on any atom is -0.285 e. The molecule has 0 N–H and O–H groups in total. The average Bonchev–Trinajstić information content (AvgIpc) is 2.91. The smallest absolute Gasteiger partial charge is 0.285 e. The number of fused-ring (bicyclic) bond motifs is 1. The summed E-state index contributed by atoms with van der Waals surface area (Å²) in [5.74, 6) is -0.0672. The Hall–Kier alpha value is -2.09. The molecule has 2 aromatic heterocycles. The monoisotopic (exact) mass is 355 g/mol. The first-order chi connectivity index (χ1) is 11.3. The van der Waals surface area contributed by atoms with E-state index in [-0.39, 0.29) is 10.8 Å². The number of nitrogens with zero attached hydrogens (tertiary/aromatic N) is 3. The summed E-state index contributed by atoms with van der Waals surface area (Å²) < 4.78 is 54.2. The second-order valence-electron chi connectivity index (χ2n) is 5.55. The van der Waals surface area contributed by atoms with Crippen LogP contribution in [0.2, 0.25) is 0 Å². The van der Waals surface area contributed by atoms with Crippen molar-refractivity contribution in [1.82, 2.24) is 14.6 Å². The van der Waals surface area contributed by atoms with Gasteiger partial charge in [0.05, 0.1) is 5.56 Å². The Kier molecular flexibility index (Phi) is 4.25. The zero-order valence-electron chi connectivity index (χ0n) is 12.8. The van der Waals surface area contributed by atoms with Gasteiger partial charge < -0.3 is 0 Å². The Morgan fingerprint density at radius 1 is 1.08 bits per heavy atom. The molecule has 3 aromatic rings. The van der Waals surface area contributed by atoms with Crippen molar-refractivity contribution in [2.45, 2.75) is 35.7 Å². The van der Waals surface area contributed by atoms with Crippen molar-refractivity contribution in [2.24, 2.45) is 0 Å². The van der Waals surface area contributed by atoms with Gasteiger partial charge in [0.25, 0.3) is 0 Å². The number of alkyl halides is 3. The Bertz CT molecular complexity index is 887. The van der Waals surface area contributed by atoms with E-state index >= 15 is 0 Å². The molecule has 3 rings (SSSR count). The third-order valence-electron chi connectivity index (χ3n) is 3.39. The third kappa shape index (κ3) is 3.24. The number of halogens is 4. The highest BCUT2D eigenvalue weighted by molar-refractivity contribution is 7.99. The summed E-state index contributed by atoms with van der Waals surface area (Å²) in [6, 6.07) is 6.04. The van der Waals surface area contributed by atoms with Gasteiger partial charge in [-0.25, -0.2) is 4.39 Å². The van der Waals surface area contributed by atoms with Crippen LogP contribution in [0, 0.1) is 5.82 Å². The van der Waals surface area contributed by atoms with Gasteiger partial charge in [0.2, 0.25) is 0 Å². The number of aromatic nitrogens is 3. The molecule has 0 unspecified atom stereocenters. The molecule has 0 radical (unpaired) electrons. The first-order valence-electron chi connectivity index (χ1n) is 7.15. The minimum atomic E-state index is -4.62. The van der Waals surface area contributed by atoms with Gasteiger partial charge >= 0.3 is 6.18 Å². The molecule has 0 atom stereocenters. The lowest BCUT2D eigenvalue weighted by Crippen LogP contribution is -2.07. The predicted octanol–water partition coefficient (Wildman–Crippen LogP) is 5.16. The van der Waals surface area contributed by atoms with Gasteiger partial charge in [-0.05, 0) is 30.3 Å². The summed E-state index contributed by atoms with van der Waals surface area (Å²) in [6.07, 6.45) is -2.92. The quantitative estimate of drug-likeness (QED) is 0.608. The number of hydrogen-bond acceptors (Lipinski definition) is 3. The SMILES string of the molecule is CC(C)c1nnc2ccc(Sc3ccc(F)cc3C(F)(F)F)cn12. The van der Waals surface area contributed by atoms with Crippen LogP contribution in [0.4, 0.5) is 17.6 Å². The van der Waals surface area contributed by atoms with Crippen LogP contribution in [0.3, 0.4) is 0 Å². The molecule has 8 heteroatoms. The second kappa shape index (κ2) is 6.08. The van der Waals surface area contributed by atoms with Gasteiger partial charge in [0.15, 0.2) is 5.65 Å². The zero-order chi connectivity index (χ0) is 17.5. The average molecular weight is 355 g/mol. The summed E-state index contributed by atoms with van der Waals surface area (Å²) in [6.45, 7) is 3.91. The van der Waals surface area contributed by atoms with Crippen LogP contribution >= 0.6 is 11.8 Å². The molecule has 0 aliphatic heterocycles. The van der Waals surface area contributed by atoms with Gasteiger partial charge in [-0.2, -0.15) is 13.2 Å². The zero-order valence-corrected chi connectivity index (χ0v) is 13.6. The number of benzene rings is 1. The van der Waals surface area contributed by atoms with Crippen molar-refractivity contribution in [3.05, 3.63) is 53.7 Å². The van der Waals surface area contributed by atoms with Crippen LogP contribution in [0.1, 0.15) is 31.2 Å². The molecular formula is C16H13F4N3S. The van der Waals surface area contributed by atoms with Gasteiger partial charge in [0.1, 0.15) is 11.6 Å². The summed E-state index contributed by atoms with van der Waals surface area (Å²) >= 11 is 0.925. The summed E-state index contributed by atoms with van der Waals surface area (Å²) in [7, 11) is 0. The fourth-order valence-corrected chi connectivity index (χ4v) is 3.25. The van der Waals surface area contributed by atoms with Crippen molar-refractivity contribution >= 4 is 17.4 Å². The maximum Gasteiger partial charge on any atom is 0.417 e. The largest absolute Gasteiger partial charge is 0.417 e. The molecule has 0 saturated carbocycles. The fourth-order valence-electron chi connectivity index (χ4n) is 2.28. The molecule has 2 heterocycles. The molecule has 0 fully saturated rings. The van der Waals surface area contributed by atoms with E-state index in [1.807, 2.05) is 13.8 Å². The summed E-state index contributed by atoms with van der Waals surface area (Å²) in [5, 5.41) is 8.12. The van der Waals surface area contributed by atoms with Gasteiger partial charge in [-0.15, -0.1) is 10.2 Å². The summed E-state index contributed by atoms with van der Waals surface area (Å²) in [4.78, 5) is 0.531. The van der Waals surface area contributed by atoms with Crippen molar-refractivity contribution in [2.75, 3.05) is 0 Å². The van der Waals surface area contributed by atoms with Crippen LogP contribution in [0.15, 0.2) is 46.3 Å². The van der Waals surface area contributed by atoms with Crippen LogP contribution in [0.25, 0.3) is 5.65 Å². The molecular weight excluding hydrogens is 342 g/mol. The maximum absolute atomic E-state index is 13.2. The molecule has 3 nitrogen and oxygen atoms in total. The number of pyridine rings is 1. The van der Waals surface area contributed by atoms with Gasteiger partial charge in [-0.1, -0.05) is 25.6 Å². The van der Waals surface area contributed by atoms with E-state index in [1.54, 1.807) is 22.7 Å². The standard InChI is InChI=1S/C16H13F4N3S/c1-9(2)15-22-21-14-6-4-11(8-23(14)15)24-13-5-3-10(17)7-12(13)16(18,19)20/h3-9H,1-2H3.